The highest BCUT2D eigenvalue weighted by Gasteiger charge is 2.23. The van der Waals surface area contributed by atoms with Crippen molar-refractivity contribution >= 4 is 5.91 Å². The van der Waals surface area contributed by atoms with Crippen LogP contribution in [0.4, 0.5) is 0 Å². The summed E-state index contributed by atoms with van der Waals surface area (Å²) in [7, 11) is 0. The topological polar surface area (TPSA) is 55.1 Å². The minimum Gasteiger partial charge on any atom is -0.352 e. The molecule has 1 aliphatic carbocycles. The van der Waals surface area contributed by atoms with Crippen LogP contribution in [0, 0.1) is 5.92 Å². The molecule has 0 bridgehead atoms. The molecule has 3 heteroatoms. The lowest BCUT2D eigenvalue weighted by Gasteiger charge is -2.30. The lowest BCUT2D eigenvalue weighted by atomic mass is 9.84. The fourth-order valence-corrected chi connectivity index (χ4v) is 3.28. The highest BCUT2D eigenvalue weighted by molar-refractivity contribution is 5.76. The first-order valence-electron chi connectivity index (χ1n) is 8.33. The molecule has 0 aliphatic heterocycles. The molecule has 0 aromatic heterocycles. The molecule has 1 amide bonds. The van der Waals surface area contributed by atoms with Gasteiger partial charge >= 0.3 is 0 Å². The monoisotopic (exact) mass is 288 g/mol. The Bertz CT molecular complexity index is 412. The summed E-state index contributed by atoms with van der Waals surface area (Å²) < 4.78 is 0. The Morgan fingerprint density at radius 3 is 2.57 bits per heavy atom. The van der Waals surface area contributed by atoms with E-state index in [1.165, 1.54) is 37.7 Å². The number of aryl methyl sites for hydroxylation is 1. The van der Waals surface area contributed by atoms with Gasteiger partial charge in [-0.3, -0.25) is 4.79 Å². The molecule has 1 aliphatic rings. The second-order valence-corrected chi connectivity index (χ2v) is 6.15. The van der Waals surface area contributed by atoms with Crippen molar-refractivity contribution in [1.82, 2.24) is 5.32 Å². The lowest BCUT2D eigenvalue weighted by Crippen LogP contribution is -2.45. The maximum absolute atomic E-state index is 12.1. The van der Waals surface area contributed by atoms with E-state index >= 15 is 0 Å². The van der Waals surface area contributed by atoms with E-state index in [9.17, 15) is 4.79 Å². The van der Waals surface area contributed by atoms with Gasteiger partial charge in [-0.05, 0) is 37.2 Å². The van der Waals surface area contributed by atoms with E-state index in [0.29, 0.717) is 18.9 Å². The van der Waals surface area contributed by atoms with Crippen molar-refractivity contribution in [3.63, 3.8) is 0 Å². The quantitative estimate of drug-likeness (QED) is 0.810. The van der Waals surface area contributed by atoms with Crippen LogP contribution in [0.15, 0.2) is 30.3 Å². The Hall–Kier alpha value is -1.35. The summed E-state index contributed by atoms with van der Waals surface area (Å²) in [6.07, 6.45) is 8.79. The minimum absolute atomic E-state index is 0.159. The summed E-state index contributed by atoms with van der Waals surface area (Å²) in [6, 6.07) is 10.5. The van der Waals surface area contributed by atoms with Gasteiger partial charge in [-0.15, -0.1) is 0 Å². The summed E-state index contributed by atoms with van der Waals surface area (Å²) in [5, 5.41) is 3.16. The third-order valence-corrected chi connectivity index (χ3v) is 4.53. The molecule has 2 rings (SSSR count). The summed E-state index contributed by atoms with van der Waals surface area (Å²) in [4.78, 5) is 12.1. The number of nitrogens with two attached hydrogens (primary N) is 1. The predicted molar refractivity (Wildman–Crippen MR) is 86.9 cm³/mol. The number of hydrogen-bond donors (Lipinski definition) is 2. The van der Waals surface area contributed by atoms with E-state index in [1.54, 1.807) is 0 Å². The molecule has 1 aromatic carbocycles. The second kappa shape index (κ2) is 8.83. The number of benzene rings is 1. The zero-order chi connectivity index (χ0) is 14.9. The zero-order valence-corrected chi connectivity index (χ0v) is 12.9. The predicted octanol–water partition coefficient (Wildman–Crippen LogP) is 3.03. The van der Waals surface area contributed by atoms with E-state index < -0.39 is 0 Å². The van der Waals surface area contributed by atoms with E-state index in [-0.39, 0.29) is 11.9 Å². The second-order valence-electron chi connectivity index (χ2n) is 6.15. The third-order valence-electron chi connectivity index (χ3n) is 4.53. The van der Waals surface area contributed by atoms with Gasteiger partial charge in [0.15, 0.2) is 0 Å². The van der Waals surface area contributed by atoms with E-state index in [2.05, 4.69) is 17.4 Å². The summed E-state index contributed by atoms with van der Waals surface area (Å²) >= 11 is 0. The van der Waals surface area contributed by atoms with Gasteiger partial charge in [-0.1, -0.05) is 49.6 Å². The average Bonchev–Trinajstić information content (AvgIpc) is 2.54. The van der Waals surface area contributed by atoms with Gasteiger partial charge in [-0.25, -0.2) is 0 Å². The average molecular weight is 288 g/mol. The summed E-state index contributed by atoms with van der Waals surface area (Å²) in [6.45, 7) is 0.565. The Morgan fingerprint density at radius 2 is 1.90 bits per heavy atom. The first-order valence-corrected chi connectivity index (χ1v) is 8.33. The molecule has 1 saturated carbocycles. The first kappa shape index (κ1) is 16.0. The molecule has 1 unspecified atom stereocenters. The van der Waals surface area contributed by atoms with Crippen LogP contribution in [0.2, 0.25) is 0 Å². The SMILES string of the molecule is NCC(NC(=O)CCCc1ccccc1)C1CCCCC1. The van der Waals surface area contributed by atoms with Crippen LogP contribution < -0.4 is 11.1 Å². The molecule has 0 spiro atoms. The Balaban J connectivity index is 1.70. The number of carbonyl (C=O) groups is 1. The van der Waals surface area contributed by atoms with Gasteiger partial charge in [0, 0.05) is 19.0 Å². The van der Waals surface area contributed by atoms with Crippen LogP contribution in [-0.2, 0) is 11.2 Å². The van der Waals surface area contributed by atoms with Crippen molar-refractivity contribution in [2.24, 2.45) is 11.7 Å². The largest absolute Gasteiger partial charge is 0.352 e. The molecule has 21 heavy (non-hydrogen) atoms. The van der Waals surface area contributed by atoms with Gasteiger partial charge in [0.1, 0.15) is 0 Å². The fraction of sp³-hybridized carbons (Fsp3) is 0.611. The van der Waals surface area contributed by atoms with Crippen LogP contribution >= 0.6 is 0 Å². The van der Waals surface area contributed by atoms with Crippen LogP contribution in [0.5, 0.6) is 0 Å². The molecule has 116 valence electrons. The van der Waals surface area contributed by atoms with Gasteiger partial charge in [-0.2, -0.15) is 0 Å². The molecule has 3 N–H and O–H groups in total. The van der Waals surface area contributed by atoms with Gasteiger partial charge in [0.05, 0.1) is 0 Å². The first-order chi connectivity index (χ1) is 10.3. The van der Waals surface area contributed by atoms with Crippen molar-refractivity contribution in [3.05, 3.63) is 35.9 Å². The van der Waals surface area contributed by atoms with Crippen LogP contribution in [0.25, 0.3) is 0 Å². The molecule has 1 fully saturated rings. The van der Waals surface area contributed by atoms with Crippen molar-refractivity contribution in [2.45, 2.75) is 57.4 Å². The molecule has 3 nitrogen and oxygen atoms in total. The van der Waals surface area contributed by atoms with Crippen LogP contribution in [0.3, 0.4) is 0 Å². The fourth-order valence-electron chi connectivity index (χ4n) is 3.28. The highest BCUT2D eigenvalue weighted by atomic mass is 16.1. The zero-order valence-electron chi connectivity index (χ0n) is 12.9. The van der Waals surface area contributed by atoms with E-state index in [4.69, 9.17) is 5.73 Å². The molecular formula is C18H28N2O. The highest BCUT2D eigenvalue weighted by Crippen LogP contribution is 2.26. The molecule has 0 heterocycles. The summed E-state index contributed by atoms with van der Waals surface area (Å²) in [5.41, 5.74) is 7.16. The molecule has 1 atom stereocenters. The van der Waals surface area contributed by atoms with Crippen molar-refractivity contribution < 1.29 is 4.79 Å². The Labute approximate surface area is 128 Å². The summed E-state index contributed by atoms with van der Waals surface area (Å²) in [5.74, 6) is 0.744. The van der Waals surface area contributed by atoms with Crippen molar-refractivity contribution in [2.75, 3.05) is 6.54 Å². The van der Waals surface area contributed by atoms with Crippen molar-refractivity contribution in [3.8, 4) is 0 Å². The Kier molecular flexibility index (Phi) is 6.74. The number of hydrogen-bond acceptors (Lipinski definition) is 2. The van der Waals surface area contributed by atoms with Crippen molar-refractivity contribution in [1.29, 1.82) is 0 Å². The van der Waals surface area contributed by atoms with E-state index in [1.807, 2.05) is 18.2 Å². The normalized spacial score (nSPS) is 17.4. The standard InChI is InChI=1S/C18H28N2O/c19-14-17(16-11-5-2-6-12-16)20-18(21)13-7-10-15-8-3-1-4-9-15/h1,3-4,8-9,16-17H,2,5-7,10-14,19H2,(H,20,21). The number of rotatable bonds is 7. The number of carbonyl (C=O) groups excluding carboxylic acids is 1. The van der Waals surface area contributed by atoms with E-state index in [0.717, 1.165) is 12.8 Å². The molecule has 1 aromatic rings. The number of nitrogens with one attached hydrogen (secondary N) is 1. The van der Waals surface area contributed by atoms with Gasteiger partial charge < -0.3 is 11.1 Å². The lowest BCUT2D eigenvalue weighted by molar-refractivity contribution is -0.122. The third kappa shape index (κ3) is 5.50. The van der Waals surface area contributed by atoms with Gasteiger partial charge in [0.2, 0.25) is 5.91 Å². The number of amides is 1. The van der Waals surface area contributed by atoms with Crippen LogP contribution in [-0.4, -0.2) is 18.5 Å². The molecule has 0 saturated heterocycles. The van der Waals surface area contributed by atoms with Gasteiger partial charge in [0.25, 0.3) is 0 Å². The smallest absolute Gasteiger partial charge is 0.220 e. The minimum atomic E-state index is 0.159. The maximum atomic E-state index is 12.1. The molecular weight excluding hydrogens is 260 g/mol. The molecule has 0 radical (unpaired) electrons. The maximum Gasteiger partial charge on any atom is 0.220 e. The Morgan fingerprint density at radius 1 is 1.19 bits per heavy atom. The van der Waals surface area contributed by atoms with Crippen LogP contribution in [0.1, 0.15) is 50.5 Å².